The standard InChI is InChI=1S/C18H12Cl2N2O4/c1-26-18(25)10-3-4-11-14(8-10)21-16(22-17(11)24)13(20)7-9-2-5-15(23)12(19)6-9/h2-8,23H,1H3,(H,21,22,24)/b13-7-. The van der Waals surface area contributed by atoms with E-state index in [0.717, 1.165) is 0 Å². The second-order valence-electron chi connectivity index (χ2n) is 5.34. The zero-order valence-electron chi connectivity index (χ0n) is 13.4. The van der Waals surface area contributed by atoms with Crippen molar-refractivity contribution < 1.29 is 14.6 Å². The van der Waals surface area contributed by atoms with E-state index < -0.39 is 11.5 Å². The molecule has 2 N–H and O–H groups in total. The summed E-state index contributed by atoms with van der Waals surface area (Å²) >= 11 is 12.1. The van der Waals surface area contributed by atoms with E-state index >= 15 is 0 Å². The third kappa shape index (κ3) is 3.56. The van der Waals surface area contributed by atoms with Crippen LogP contribution in [0.5, 0.6) is 5.75 Å². The van der Waals surface area contributed by atoms with E-state index in [2.05, 4.69) is 14.7 Å². The van der Waals surface area contributed by atoms with Crippen molar-refractivity contribution in [2.45, 2.75) is 0 Å². The van der Waals surface area contributed by atoms with Gasteiger partial charge in [-0.2, -0.15) is 0 Å². The highest BCUT2D eigenvalue weighted by atomic mass is 35.5. The molecule has 0 amide bonds. The molecule has 0 atom stereocenters. The molecule has 3 aromatic rings. The van der Waals surface area contributed by atoms with Gasteiger partial charge in [0.2, 0.25) is 0 Å². The van der Waals surface area contributed by atoms with Crippen LogP contribution in [0.1, 0.15) is 21.7 Å². The molecular formula is C18H12Cl2N2O4. The van der Waals surface area contributed by atoms with E-state index in [9.17, 15) is 14.7 Å². The highest BCUT2D eigenvalue weighted by molar-refractivity contribution is 6.50. The number of hydrogen-bond acceptors (Lipinski definition) is 5. The number of halogens is 2. The van der Waals surface area contributed by atoms with Crippen molar-refractivity contribution in [3.8, 4) is 5.75 Å². The predicted molar refractivity (Wildman–Crippen MR) is 101 cm³/mol. The molecule has 0 radical (unpaired) electrons. The van der Waals surface area contributed by atoms with Crippen LogP contribution >= 0.6 is 23.2 Å². The monoisotopic (exact) mass is 390 g/mol. The number of nitrogens with one attached hydrogen (secondary N) is 1. The Hall–Kier alpha value is -2.83. The molecule has 132 valence electrons. The highest BCUT2D eigenvalue weighted by Gasteiger charge is 2.11. The van der Waals surface area contributed by atoms with Crippen molar-refractivity contribution in [2.24, 2.45) is 0 Å². The van der Waals surface area contributed by atoms with E-state index in [-0.39, 0.29) is 27.2 Å². The molecule has 0 aliphatic carbocycles. The number of esters is 1. The summed E-state index contributed by atoms with van der Waals surface area (Å²) in [5.41, 5.74) is 0.803. The molecule has 0 unspecified atom stereocenters. The van der Waals surface area contributed by atoms with Crippen molar-refractivity contribution in [3.63, 3.8) is 0 Å². The molecular weight excluding hydrogens is 379 g/mol. The number of nitrogens with zero attached hydrogens (tertiary/aromatic N) is 1. The minimum atomic E-state index is -0.532. The first-order chi connectivity index (χ1) is 12.4. The van der Waals surface area contributed by atoms with Gasteiger partial charge in [-0.15, -0.1) is 0 Å². The molecule has 1 aromatic heterocycles. The fraction of sp³-hybridized carbons (Fsp3) is 0.0556. The van der Waals surface area contributed by atoms with Crippen LogP contribution in [0.2, 0.25) is 5.02 Å². The van der Waals surface area contributed by atoms with Gasteiger partial charge in [-0.3, -0.25) is 4.79 Å². The molecule has 0 spiro atoms. The van der Waals surface area contributed by atoms with Gasteiger partial charge in [0.15, 0.2) is 5.82 Å². The van der Waals surface area contributed by atoms with Crippen LogP contribution < -0.4 is 5.56 Å². The minimum Gasteiger partial charge on any atom is -0.506 e. The van der Waals surface area contributed by atoms with Crippen molar-refractivity contribution in [1.82, 2.24) is 9.97 Å². The van der Waals surface area contributed by atoms with Crippen LogP contribution in [0.25, 0.3) is 22.0 Å². The molecule has 2 aromatic carbocycles. The Morgan fingerprint density at radius 2 is 2.04 bits per heavy atom. The number of rotatable bonds is 3. The number of aromatic amines is 1. The topological polar surface area (TPSA) is 92.3 Å². The minimum absolute atomic E-state index is 0.0486. The number of hydrogen-bond donors (Lipinski definition) is 2. The second-order valence-corrected chi connectivity index (χ2v) is 6.16. The summed E-state index contributed by atoms with van der Waals surface area (Å²) in [5, 5.41) is 10.1. The van der Waals surface area contributed by atoms with E-state index in [0.29, 0.717) is 16.5 Å². The zero-order chi connectivity index (χ0) is 18.8. The average molecular weight is 391 g/mol. The number of benzene rings is 2. The number of carbonyl (C=O) groups is 1. The van der Waals surface area contributed by atoms with Gasteiger partial charge in [-0.05, 0) is 42.0 Å². The van der Waals surface area contributed by atoms with Crippen molar-refractivity contribution in [1.29, 1.82) is 0 Å². The summed E-state index contributed by atoms with van der Waals surface area (Å²) in [7, 11) is 1.27. The van der Waals surface area contributed by atoms with Gasteiger partial charge < -0.3 is 14.8 Å². The van der Waals surface area contributed by atoms with Crippen LogP contribution in [0, 0.1) is 0 Å². The first-order valence-electron chi connectivity index (χ1n) is 7.37. The van der Waals surface area contributed by atoms with Crippen LogP contribution in [0.4, 0.5) is 0 Å². The van der Waals surface area contributed by atoms with E-state index in [1.807, 2.05) is 0 Å². The number of carbonyl (C=O) groups excluding carboxylic acids is 1. The van der Waals surface area contributed by atoms with Gasteiger partial charge in [0.05, 0.1) is 33.6 Å². The molecule has 0 bridgehead atoms. The normalized spacial score (nSPS) is 11.6. The Kier molecular flexibility index (Phi) is 4.97. The largest absolute Gasteiger partial charge is 0.506 e. The van der Waals surface area contributed by atoms with Crippen LogP contribution in [-0.4, -0.2) is 28.2 Å². The maximum Gasteiger partial charge on any atom is 0.337 e. The molecule has 26 heavy (non-hydrogen) atoms. The Morgan fingerprint density at radius 1 is 1.27 bits per heavy atom. The molecule has 0 saturated carbocycles. The van der Waals surface area contributed by atoms with E-state index in [1.54, 1.807) is 12.1 Å². The van der Waals surface area contributed by atoms with Gasteiger partial charge in [0.25, 0.3) is 5.56 Å². The fourth-order valence-electron chi connectivity index (χ4n) is 2.32. The van der Waals surface area contributed by atoms with Crippen molar-refractivity contribution in [2.75, 3.05) is 7.11 Å². The van der Waals surface area contributed by atoms with Crippen LogP contribution in [-0.2, 0) is 4.74 Å². The first kappa shape index (κ1) is 18.0. The number of methoxy groups -OCH3 is 1. The quantitative estimate of drug-likeness (QED) is 0.663. The Morgan fingerprint density at radius 3 is 2.73 bits per heavy atom. The number of H-pyrrole nitrogens is 1. The number of fused-ring (bicyclic) bond motifs is 1. The fourth-order valence-corrected chi connectivity index (χ4v) is 2.73. The number of phenolic OH excluding ortho intramolecular Hbond substituents is 1. The Bertz CT molecular complexity index is 1110. The predicted octanol–water partition coefficient (Wildman–Crippen LogP) is 3.81. The van der Waals surface area contributed by atoms with Gasteiger partial charge in [0.1, 0.15) is 5.75 Å². The Balaban J connectivity index is 2.08. The number of phenols is 1. The maximum absolute atomic E-state index is 12.3. The third-order valence-electron chi connectivity index (χ3n) is 3.62. The number of aromatic nitrogens is 2. The first-order valence-corrected chi connectivity index (χ1v) is 8.13. The molecule has 1 heterocycles. The van der Waals surface area contributed by atoms with Crippen LogP contribution in [0.15, 0.2) is 41.2 Å². The maximum atomic E-state index is 12.3. The molecule has 8 heteroatoms. The summed E-state index contributed by atoms with van der Waals surface area (Å²) in [5.74, 6) is -0.446. The van der Waals surface area contributed by atoms with Gasteiger partial charge in [0, 0.05) is 0 Å². The lowest BCUT2D eigenvalue weighted by atomic mass is 10.1. The van der Waals surface area contributed by atoms with Gasteiger partial charge in [-0.25, -0.2) is 9.78 Å². The summed E-state index contributed by atoms with van der Waals surface area (Å²) in [4.78, 5) is 30.8. The SMILES string of the molecule is COC(=O)c1ccc2c(=O)[nH]c(/C(Cl)=C/c3ccc(O)c(Cl)c3)nc2c1. The van der Waals surface area contributed by atoms with Gasteiger partial charge >= 0.3 is 5.97 Å². The molecule has 0 saturated heterocycles. The number of aromatic hydroxyl groups is 1. The second kappa shape index (κ2) is 7.19. The molecule has 0 aliphatic heterocycles. The lowest BCUT2D eigenvalue weighted by molar-refractivity contribution is 0.0601. The smallest absolute Gasteiger partial charge is 0.337 e. The summed E-state index contributed by atoms with van der Waals surface area (Å²) in [6.45, 7) is 0. The summed E-state index contributed by atoms with van der Waals surface area (Å²) < 4.78 is 4.67. The third-order valence-corrected chi connectivity index (χ3v) is 4.21. The Labute approximate surface area is 157 Å². The number of ether oxygens (including phenoxy) is 1. The lowest BCUT2D eigenvalue weighted by Crippen LogP contribution is -2.11. The molecule has 0 aliphatic rings. The molecule has 6 nitrogen and oxygen atoms in total. The summed E-state index contributed by atoms with van der Waals surface area (Å²) in [6, 6.07) is 9.00. The highest BCUT2D eigenvalue weighted by Crippen LogP contribution is 2.27. The van der Waals surface area contributed by atoms with Crippen LogP contribution in [0.3, 0.4) is 0 Å². The van der Waals surface area contributed by atoms with Gasteiger partial charge in [-0.1, -0.05) is 29.3 Å². The van der Waals surface area contributed by atoms with Crippen molar-refractivity contribution in [3.05, 3.63) is 68.7 Å². The molecule has 3 rings (SSSR count). The van der Waals surface area contributed by atoms with Crippen molar-refractivity contribution >= 4 is 51.2 Å². The molecule has 0 fully saturated rings. The van der Waals surface area contributed by atoms with E-state index in [1.165, 1.54) is 37.4 Å². The zero-order valence-corrected chi connectivity index (χ0v) is 14.9. The lowest BCUT2D eigenvalue weighted by Gasteiger charge is -2.05. The summed E-state index contributed by atoms with van der Waals surface area (Å²) in [6.07, 6.45) is 1.54. The average Bonchev–Trinajstić information content (AvgIpc) is 2.63. The van der Waals surface area contributed by atoms with E-state index in [4.69, 9.17) is 23.2 Å².